The molecule has 1 aromatic carbocycles. The number of carbonyl (C=O) groups excluding carboxylic acids is 4. The lowest BCUT2D eigenvalue weighted by Crippen LogP contribution is -2.55. The SMILES string of the molecule is CCOC1OCC(=O)C1NC(=O)C1CCCN1C(=O)C(C)NC(=O)c1cc(Cl)c(N)c(Cl)c1. The number of nitrogens with one attached hydrogen (secondary N) is 2. The van der Waals surface area contributed by atoms with Gasteiger partial charge in [-0.2, -0.15) is 0 Å². The van der Waals surface area contributed by atoms with Crippen molar-refractivity contribution in [3.8, 4) is 0 Å². The van der Waals surface area contributed by atoms with Crippen LogP contribution in [0.25, 0.3) is 0 Å². The standard InChI is InChI=1S/C21H26Cl2N4O6/c1-3-32-21-17(15(28)9-33-21)26-19(30)14-5-4-6-27(14)20(31)10(2)25-18(29)11-7-12(22)16(24)13(23)8-11/h7-8,10,14,17,21H,3-6,9,24H2,1-2H3,(H,25,29)(H,26,30). The van der Waals surface area contributed by atoms with Gasteiger partial charge in [0.1, 0.15) is 24.7 Å². The molecule has 3 amide bonds. The highest BCUT2D eigenvalue weighted by Crippen LogP contribution is 2.29. The lowest BCUT2D eigenvalue weighted by molar-refractivity contribution is -0.143. The van der Waals surface area contributed by atoms with Crippen LogP contribution in [0.1, 0.15) is 37.0 Å². The molecule has 0 radical (unpaired) electrons. The highest BCUT2D eigenvalue weighted by Gasteiger charge is 2.42. The van der Waals surface area contributed by atoms with Crippen molar-refractivity contribution in [2.24, 2.45) is 0 Å². The summed E-state index contributed by atoms with van der Waals surface area (Å²) in [5, 5.41) is 5.50. The molecule has 2 aliphatic rings. The van der Waals surface area contributed by atoms with Gasteiger partial charge >= 0.3 is 0 Å². The molecule has 4 unspecified atom stereocenters. The third-order valence-corrected chi connectivity index (χ3v) is 6.16. The van der Waals surface area contributed by atoms with E-state index in [1.165, 1.54) is 24.0 Å². The third-order valence-electron chi connectivity index (χ3n) is 5.54. The number of nitrogens with zero attached hydrogens (tertiary/aromatic N) is 1. The summed E-state index contributed by atoms with van der Waals surface area (Å²) in [4.78, 5) is 52.0. The van der Waals surface area contributed by atoms with Gasteiger partial charge in [0.15, 0.2) is 12.1 Å². The number of anilines is 1. The fourth-order valence-corrected chi connectivity index (χ4v) is 4.30. The molecule has 0 spiro atoms. The predicted octanol–water partition coefficient (Wildman–Crippen LogP) is 1.13. The Morgan fingerprint density at radius 1 is 1.30 bits per heavy atom. The number of benzene rings is 1. The van der Waals surface area contributed by atoms with E-state index in [-0.39, 0.29) is 33.7 Å². The maximum absolute atomic E-state index is 13.0. The van der Waals surface area contributed by atoms with Gasteiger partial charge in [0.25, 0.3) is 5.91 Å². The predicted molar refractivity (Wildman–Crippen MR) is 121 cm³/mol. The Bertz CT molecular complexity index is 936. The highest BCUT2D eigenvalue weighted by atomic mass is 35.5. The Morgan fingerprint density at radius 2 is 1.97 bits per heavy atom. The zero-order valence-electron chi connectivity index (χ0n) is 18.2. The molecule has 0 aliphatic carbocycles. The molecule has 4 N–H and O–H groups in total. The van der Waals surface area contributed by atoms with Crippen molar-refractivity contribution in [3.63, 3.8) is 0 Å². The monoisotopic (exact) mass is 500 g/mol. The number of amides is 3. The fraction of sp³-hybridized carbons (Fsp3) is 0.524. The van der Waals surface area contributed by atoms with E-state index in [9.17, 15) is 19.2 Å². The average molecular weight is 501 g/mol. The number of nitrogens with two attached hydrogens (primary N) is 1. The van der Waals surface area contributed by atoms with Crippen LogP contribution in [-0.4, -0.2) is 72.6 Å². The van der Waals surface area contributed by atoms with Gasteiger partial charge in [-0.1, -0.05) is 23.2 Å². The van der Waals surface area contributed by atoms with Crippen molar-refractivity contribution < 1.29 is 28.7 Å². The first-order chi connectivity index (χ1) is 15.6. The molecule has 3 rings (SSSR count). The van der Waals surface area contributed by atoms with Crippen LogP contribution in [0.5, 0.6) is 0 Å². The Labute approximate surface area is 201 Å². The van der Waals surface area contributed by atoms with Crippen LogP contribution in [0.15, 0.2) is 12.1 Å². The summed E-state index contributed by atoms with van der Waals surface area (Å²) in [6.45, 7) is 3.80. The smallest absolute Gasteiger partial charge is 0.252 e. The Balaban J connectivity index is 1.64. The first-order valence-corrected chi connectivity index (χ1v) is 11.3. The molecule has 0 aromatic heterocycles. The number of halogens is 2. The number of carbonyl (C=O) groups is 4. The van der Waals surface area contributed by atoms with Crippen LogP contribution in [-0.2, 0) is 23.9 Å². The largest absolute Gasteiger partial charge is 0.396 e. The van der Waals surface area contributed by atoms with Gasteiger partial charge in [-0.3, -0.25) is 19.2 Å². The molecule has 33 heavy (non-hydrogen) atoms. The van der Waals surface area contributed by atoms with Gasteiger partial charge < -0.3 is 30.7 Å². The lowest BCUT2D eigenvalue weighted by atomic mass is 10.1. The van der Waals surface area contributed by atoms with E-state index in [1.54, 1.807) is 6.92 Å². The molecule has 0 bridgehead atoms. The van der Waals surface area contributed by atoms with Gasteiger partial charge in [0.2, 0.25) is 11.8 Å². The second-order valence-electron chi connectivity index (χ2n) is 7.83. The van der Waals surface area contributed by atoms with Crippen molar-refractivity contribution in [2.75, 3.05) is 25.5 Å². The molecule has 4 atom stereocenters. The van der Waals surface area contributed by atoms with E-state index in [0.29, 0.717) is 26.0 Å². The molecule has 1 aromatic rings. The highest BCUT2D eigenvalue weighted by molar-refractivity contribution is 6.39. The molecule has 2 aliphatic heterocycles. The summed E-state index contributed by atoms with van der Waals surface area (Å²) in [6, 6.07) is 0.0991. The van der Waals surface area contributed by atoms with E-state index < -0.39 is 42.1 Å². The van der Waals surface area contributed by atoms with Crippen molar-refractivity contribution in [1.29, 1.82) is 0 Å². The number of rotatable bonds is 7. The van der Waals surface area contributed by atoms with E-state index >= 15 is 0 Å². The molecule has 0 saturated carbocycles. The fourth-order valence-electron chi connectivity index (χ4n) is 3.82. The maximum Gasteiger partial charge on any atom is 0.252 e. The van der Waals surface area contributed by atoms with Gasteiger partial charge in [-0.05, 0) is 38.8 Å². The van der Waals surface area contributed by atoms with E-state index in [4.69, 9.17) is 38.4 Å². The number of ether oxygens (including phenoxy) is 2. The summed E-state index contributed by atoms with van der Waals surface area (Å²) < 4.78 is 10.6. The van der Waals surface area contributed by atoms with Crippen LogP contribution < -0.4 is 16.4 Å². The first kappa shape index (κ1) is 25.2. The molecule has 2 heterocycles. The van der Waals surface area contributed by atoms with E-state index in [0.717, 1.165) is 0 Å². The van der Waals surface area contributed by atoms with Gasteiger partial charge in [0, 0.05) is 18.7 Å². The summed E-state index contributed by atoms with van der Waals surface area (Å²) in [5.74, 6) is -1.75. The summed E-state index contributed by atoms with van der Waals surface area (Å²) in [6.07, 6.45) is 0.189. The molecule has 2 fully saturated rings. The minimum absolute atomic E-state index is 0.124. The van der Waals surface area contributed by atoms with Gasteiger partial charge in [-0.15, -0.1) is 0 Å². The quantitative estimate of drug-likeness (QED) is 0.476. The van der Waals surface area contributed by atoms with Crippen LogP contribution >= 0.6 is 23.2 Å². The lowest BCUT2D eigenvalue weighted by Gasteiger charge is -2.28. The van der Waals surface area contributed by atoms with E-state index in [2.05, 4.69) is 10.6 Å². The zero-order valence-corrected chi connectivity index (χ0v) is 19.7. The van der Waals surface area contributed by atoms with Crippen molar-refractivity contribution in [2.45, 2.75) is 51.1 Å². The summed E-state index contributed by atoms with van der Waals surface area (Å²) in [7, 11) is 0. The number of hydrogen-bond acceptors (Lipinski definition) is 7. The number of ketones is 1. The third kappa shape index (κ3) is 5.57. The second-order valence-corrected chi connectivity index (χ2v) is 8.64. The van der Waals surface area contributed by atoms with Crippen molar-refractivity contribution in [3.05, 3.63) is 27.7 Å². The minimum Gasteiger partial charge on any atom is -0.396 e. The Morgan fingerprint density at radius 3 is 2.61 bits per heavy atom. The molecule has 10 nitrogen and oxygen atoms in total. The van der Waals surface area contributed by atoms with Crippen LogP contribution in [0.3, 0.4) is 0 Å². The van der Waals surface area contributed by atoms with E-state index in [1.807, 2.05) is 0 Å². The number of hydrogen-bond donors (Lipinski definition) is 3. The van der Waals surface area contributed by atoms with Crippen LogP contribution in [0.2, 0.25) is 10.0 Å². The second kappa shape index (κ2) is 10.7. The number of nitrogen functional groups attached to an aromatic ring is 1. The van der Waals surface area contributed by atoms with Crippen molar-refractivity contribution >= 4 is 52.4 Å². The molecule has 180 valence electrons. The summed E-state index contributed by atoms with van der Waals surface area (Å²) in [5.41, 5.74) is 5.99. The maximum atomic E-state index is 13.0. The van der Waals surface area contributed by atoms with Gasteiger partial charge in [0.05, 0.1) is 15.7 Å². The molecular weight excluding hydrogens is 475 g/mol. The first-order valence-electron chi connectivity index (χ1n) is 10.6. The normalized spacial score (nSPS) is 23.5. The minimum atomic E-state index is -0.924. The zero-order chi connectivity index (χ0) is 24.3. The Kier molecular flexibility index (Phi) is 8.17. The number of Topliss-reactive ketones (excluding diaryl/α,β-unsaturated/α-hetero) is 1. The number of likely N-dealkylation sites (tertiary alicyclic amines) is 1. The molecule has 2 saturated heterocycles. The average Bonchev–Trinajstić information content (AvgIpc) is 3.39. The van der Waals surface area contributed by atoms with Gasteiger partial charge in [-0.25, -0.2) is 0 Å². The van der Waals surface area contributed by atoms with Crippen LogP contribution in [0, 0.1) is 0 Å². The summed E-state index contributed by atoms with van der Waals surface area (Å²) >= 11 is 12.0. The molecule has 12 heteroatoms. The Hall–Kier alpha value is -2.40. The molecular formula is C21H26Cl2N4O6. The van der Waals surface area contributed by atoms with Crippen molar-refractivity contribution in [1.82, 2.24) is 15.5 Å². The van der Waals surface area contributed by atoms with Crippen LogP contribution in [0.4, 0.5) is 5.69 Å². The topological polar surface area (TPSA) is 140 Å².